The summed E-state index contributed by atoms with van der Waals surface area (Å²) in [6, 6.07) is 4.57. The number of hydrogen-bond acceptors (Lipinski definition) is 4. The van der Waals surface area contributed by atoms with Crippen LogP contribution in [0.4, 0.5) is 5.69 Å². The normalized spacial score (nSPS) is 9.56. The van der Waals surface area contributed by atoms with Crippen molar-refractivity contribution in [3.05, 3.63) is 28.8 Å². The fourth-order valence-corrected chi connectivity index (χ4v) is 1.34. The van der Waals surface area contributed by atoms with Crippen molar-refractivity contribution in [2.45, 2.75) is 0 Å². The van der Waals surface area contributed by atoms with Crippen LogP contribution in [-0.2, 0) is 9.59 Å². The summed E-state index contributed by atoms with van der Waals surface area (Å²) in [6.45, 7) is 0.0688. The highest BCUT2D eigenvalue weighted by Gasteiger charge is 2.12. The molecule has 5 nitrogen and oxygen atoms in total. The largest absolute Gasteiger partial charge is 0.378 e. The molecule has 1 aromatic carbocycles. The maximum absolute atomic E-state index is 10.9. The van der Waals surface area contributed by atoms with E-state index in [4.69, 9.17) is 22.7 Å². The molecule has 1 amide bonds. The van der Waals surface area contributed by atoms with Gasteiger partial charge in [-0.3, -0.25) is 10.2 Å². The maximum Gasteiger partial charge on any atom is 0.267 e. The Labute approximate surface area is 97.1 Å². The lowest BCUT2D eigenvalue weighted by atomic mass is 10.1. The van der Waals surface area contributed by atoms with Crippen LogP contribution in [0.1, 0.15) is 5.56 Å². The first-order valence-corrected chi connectivity index (χ1v) is 4.80. The van der Waals surface area contributed by atoms with Crippen molar-refractivity contribution in [1.29, 1.82) is 5.41 Å². The standard InChI is InChI=1S/C10H10ClN3O2/c11-6-1-2-7(9(12)10(13)16)8(5-6)14-3-4-15/h1-2,4-5,12,14H,3H2,(H2,13,16). The predicted octanol–water partition coefficient (Wildman–Crippen LogP) is 0.804. The van der Waals surface area contributed by atoms with Crippen molar-refractivity contribution >= 4 is 35.2 Å². The minimum Gasteiger partial charge on any atom is -0.378 e. The number of halogens is 1. The molecule has 0 saturated carbocycles. The van der Waals surface area contributed by atoms with Gasteiger partial charge in [0.25, 0.3) is 5.91 Å². The molecule has 0 bridgehead atoms. The molecule has 0 aromatic heterocycles. The molecule has 4 N–H and O–H groups in total. The molecule has 1 aromatic rings. The van der Waals surface area contributed by atoms with Gasteiger partial charge in [0, 0.05) is 16.3 Å². The van der Waals surface area contributed by atoms with Gasteiger partial charge in [-0.2, -0.15) is 0 Å². The number of anilines is 1. The van der Waals surface area contributed by atoms with Gasteiger partial charge in [0.1, 0.15) is 12.0 Å². The van der Waals surface area contributed by atoms with Crippen molar-refractivity contribution < 1.29 is 9.59 Å². The average molecular weight is 240 g/mol. The van der Waals surface area contributed by atoms with E-state index in [1.54, 1.807) is 6.07 Å². The van der Waals surface area contributed by atoms with Crippen LogP contribution < -0.4 is 11.1 Å². The van der Waals surface area contributed by atoms with Gasteiger partial charge < -0.3 is 15.8 Å². The summed E-state index contributed by atoms with van der Waals surface area (Å²) in [5.41, 5.74) is 5.43. The number of nitrogens with two attached hydrogens (primary N) is 1. The van der Waals surface area contributed by atoms with Crippen LogP contribution in [-0.4, -0.2) is 24.4 Å². The van der Waals surface area contributed by atoms with Gasteiger partial charge in [0.2, 0.25) is 0 Å². The molecule has 6 heteroatoms. The zero-order chi connectivity index (χ0) is 12.1. The minimum absolute atomic E-state index is 0.0688. The summed E-state index contributed by atoms with van der Waals surface area (Å²) in [4.78, 5) is 21.1. The highest BCUT2D eigenvalue weighted by molar-refractivity contribution is 6.45. The Morgan fingerprint density at radius 2 is 2.25 bits per heavy atom. The quantitative estimate of drug-likeness (QED) is 0.524. The first-order valence-electron chi connectivity index (χ1n) is 4.42. The zero-order valence-electron chi connectivity index (χ0n) is 8.29. The van der Waals surface area contributed by atoms with Crippen molar-refractivity contribution in [3.63, 3.8) is 0 Å². The highest BCUT2D eigenvalue weighted by Crippen LogP contribution is 2.21. The predicted molar refractivity (Wildman–Crippen MR) is 62.0 cm³/mol. The zero-order valence-corrected chi connectivity index (χ0v) is 9.04. The van der Waals surface area contributed by atoms with Crippen LogP contribution in [0.5, 0.6) is 0 Å². The average Bonchev–Trinajstić information content (AvgIpc) is 2.25. The number of carbonyl (C=O) groups is 2. The van der Waals surface area contributed by atoms with Crippen LogP contribution in [0.25, 0.3) is 0 Å². The van der Waals surface area contributed by atoms with E-state index < -0.39 is 5.91 Å². The van der Waals surface area contributed by atoms with E-state index in [1.807, 2.05) is 0 Å². The van der Waals surface area contributed by atoms with E-state index in [1.165, 1.54) is 12.1 Å². The van der Waals surface area contributed by atoms with Gasteiger partial charge in [0.05, 0.1) is 6.54 Å². The first-order chi connectivity index (χ1) is 7.56. The molecule has 16 heavy (non-hydrogen) atoms. The van der Waals surface area contributed by atoms with Gasteiger partial charge in [-0.15, -0.1) is 0 Å². The van der Waals surface area contributed by atoms with Gasteiger partial charge in [-0.05, 0) is 18.2 Å². The molecule has 0 fully saturated rings. The molecule has 0 unspecified atom stereocenters. The molecule has 0 radical (unpaired) electrons. The van der Waals surface area contributed by atoms with Gasteiger partial charge in [0.15, 0.2) is 0 Å². The fourth-order valence-electron chi connectivity index (χ4n) is 1.17. The van der Waals surface area contributed by atoms with Gasteiger partial charge >= 0.3 is 0 Å². The maximum atomic E-state index is 10.9. The van der Waals surface area contributed by atoms with E-state index in [0.29, 0.717) is 22.6 Å². The molecule has 84 valence electrons. The van der Waals surface area contributed by atoms with Crippen molar-refractivity contribution in [3.8, 4) is 0 Å². The number of benzene rings is 1. The number of hydrogen-bond donors (Lipinski definition) is 3. The molecule has 0 aliphatic rings. The number of primary amides is 1. The van der Waals surface area contributed by atoms with Crippen LogP contribution in [0.3, 0.4) is 0 Å². The molecule has 0 atom stereocenters. The second-order valence-corrected chi connectivity index (χ2v) is 3.41. The first kappa shape index (κ1) is 12.2. The van der Waals surface area contributed by atoms with Crippen molar-refractivity contribution in [1.82, 2.24) is 0 Å². The van der Waals surface area contributed by atoms with Crippen molar-refractivity contribution in [2.75, 3.05) is 11.9 Å². The Hall–Kier alpha value is -1.88. The summed E-state index contributed by atoms with van der Waals surface area (Å²) < 4.78 is 0. The van der Waals surface area contributed by atoms with Crippen LogP contribution in [0.15, 0.2) is 18.2 Å². The third-order valence-electron chi connectivity index (χ3n) is 1.87. The Balaban J connectivity index is 3.11. The Morgan fingerprint density at radius 3 is 2.81 bits per heavy atom. The molecule has 0 heterocycles. The van der Waals surface area contributed by atoms with Crippen LogP contribution in [0, 0.1) is 5.41 Å². The lowest BCUT2D eigenvalue weighted by molar-refractivity contribution is -0.112. The second-order valence-electron chi connectivity index (χ2n) is 2.98. The van der Waals surface area contributed by atoms with E-state index in [2.05, 4.69) is 5.32 Å². The molecular weight excluding hydrogens is 230 g/mol. The van der Waals surface area contributed by atoms with Crippen LogP contribution in [0.2, 0.25) is 5.02 Å². The number of aldehydes is 1. The summed E-state index contributed by atoms with van der Waals surface area (Å²) in [5.74, 6) is -0.837. The Bertz CT molecular complexity index is 446. The van der Waals surface area contributed by atoms with Gasteiger partial charge in [-0.1, -0.05) is 11.6 Å². The smallest absolute Gasteiger partial charge is 0.267 e. The second kappa shape index (κ2) is 5.27. The number of carbonyl (C=O) groups excluding carboxylic acids is 2. The van der Waals surface area contributed by atoms with E-state index in [9.17, 15) is 9.59 Å². The Morgan fingerprint density at radius 1 is 1.56 bits per heavy atom. The molecule has 0 aliphatic carbocycles. The van der Waals surface area contributed by atoms with E-state index in [0.717, 1.165) is 0 Å². The summed E-state index contributed by atoms with van der Waals surface area (Å²) in [5, 5.41) is 10.7. The molecule has 0 spiro atoms. The summed E-state index contributed by atoms with van der Waals surface area (Å²) >= 11 is 5.77. The number of amides is 1. The lowest BCUT2D eigenvalue weighted by Crippen LogP contribution is -2.24. The summed E-state index contributed by atoms with van der Waals surface area (Å²) in [6.07, 6.45) is 0.665. The topological polar surface area (TPSA) is 96.0 Å². The van der Waals surface area contributed by atoms with Gasteiger partial charge in [-0.25, -0.2) is 0 Å². The highest BCUT2D eigenvalue weighted by atomic mass is 35.5. The Kier molecular flexibility index (Phi) is 4.02. The molecule has 0 saturated heterocycles. The third-order valence-corrected chi connectivity index (χ3v) is 2.11. The monoisotopic (exact) mass is 239 g/mol. The van der Waals surface area contributed by atoms with Crippen LogP contribution >= 0.6 is 11.6 Å². The van der Waals surface area contributed by atoms with E-state index in [-0.39, 0.29) is 12.3 Å². The molecule has 0 aliphatic heterocycles. The molecule has 1 rings (SSSR count). The SMILES string of the molecule is N=C(C(N)=O)c1ccc(Cl)cc1NCC=O. The number of rotatable bonds is 5. The fraction of sp³-hybridized carbons (Fsp3) is 0.100. The lowest BCUT2D eigenvalue weighted by Gasteiger charge is -2.09. The number of nitrogens with one attached hydrogen (secondary N) is 2. The van der Waals surface area contributed by atoms with E-state index >= 15 is 0 Å². The third kappa shape index (κ3) is 2.80. The summed E-state index contributed by atoms with van der Waals surface area (Å²) in [7, 11) is 0. The molecular formula is C10H10ClN3O2. The van der Waals surface area contributed by atoms with Crippen molar-refractivity contribution in [2.24, 2.45) is 5.73 Å². The minimum atomic E-state index is -0.837.